The Bertz CT molecular complexity index is 994. The number of nitrogens with zero attached hydrogens (tertiary/aromatic N) is 1. The molecule has 0 radical (unpaired) electrons. The zero-order chi connectivity index (χ0) is 19.6. The van der Waals surface area contributed by atoms with Crippen LogP contribution in [0.15, 0.2) is 30.0 Å². The third kappa shape index (κ3) is 2.33. The summed E-state index contributed by atoms with van der Waals surface area (Å²) in [6.07, 6.45) is 3.46. The fourth-order valence-corrected chi connectivity index (χ4v) is 5.63. The molecule has 1 aromatic heterocycles. The van der Waals surface area contributed by atoms with Crippen LogP contribution in [0.1, 0.15) is 37.6 Å². The monoisotopic (exact) mass is 382 g/mol. The van der Waals surface area contributed by atoms with E-state index >= 15 is 0 Å². The Morgan fingerprint density at radius 3 is 3.04 bits per heavy atom. The van der Waals surface area contributed by atoms with Gasteiger partial charge in [0.2, 0.25) is 0 Å². The molecule has 1 saturated heterocycles. The van der Waals surface area contributed by atoms with Crippen LogP contribution >= 0.6 is 0 Å². The summed E-state index contributed by atoms with van der Waals surface area (Å²) in [5.41, 5.74) is 3.90. The number of aromatic nitrogens is 1. The van der Waals surface area contributed by atoms with Gasteiger partial charge in [0.1, 0.15) is 5.75 Å². The molecule has 2 N–H and O–H groups in total. The first-order valence-corrected chi connectivity index (χ1v) is 9.94. The molecule has 0 aliphatic carbocycles. The first-order valence-electron chi connectivity index (χ1n) is 9.94. The van der Waals surface area contributed by atoms with Crippen molar-refractivity contribution in [2.24, 2.45) is 11.3 Å². The number of phenolic OH excluding ortho intramolecular Hbond substituents is 1. The number of H-pyrrole nitrogens is 1. The molecular formula is C22H26N2O4. The Kier molecular flexibility index (Phi) is 3.78. The number of piperidine rings is 1. The molecule has 3 aliphatic heterocycles. The summed E-state index contributed by atoms with van der Waals surface area (Å²) in [5, 5.41) is 11.0. The maximum Gasteiger partial charge on any atom is 0.337 e. The molecule has 3 aliphatic rings. The van der Waals surface area contributed by atoms with Crippen LogP contribution in [0.25, 0.3) is 10.9 Å². The van der Waals surface area contributed by atoms with E-state index in [0.717, 1.165) is 36.8 Å². The molecule has 1 fully saturated rings. The Labute approximate surface area is 164 Å². The van der Waals surface area contributed by atoms with Crippen LogP contribution < -0.4 is 0 Å². The van der Waals surface area contributed by atoms with Gasteiger partial charge >= 0.3 is 5.97 Å². The van der Waals surface area contributed by atoms with Gasteiger partial charge in [0.15, 0.2) is 0 Å². The van der Waals surface area contributed by atoms with Gasteiger partial charge in [-0.25, -0.2) is 4.79 Å². The molecule has 1 aromatic carbocycles. The number of aromatic amines is 1. The van der Waals surface area contributed by atoms with Crippen LogP contribution in [0.4, 0.5) is 0 Å². The summed E-state index contributed by atoms with van der Waals surface area (Å²) in [7, 11) is 1.43. The number of nitrogens with one attached hydrogen (secondary N) is 1. The molecule has 6 heteroatoms. The highest BCUT2D eigenvalue weighted by molar-refractivity contribution is 5.90. The van der Waals surface area contributed by atoms with Gasteiger partial charge < -0.3 is 19.6 Å². The molecule has 1 unspecified atom stereocenters. The van der Waals surface area contributed by atoms with E-state index < -0.39 is 0 Å². The molecule has 28 heavy (non-hydrogen) atoms. The van der Waals surface area contributed by atoms with Gasteiger partial charge in [-0.2, -0.15) is 0 Å². The predicted molar refractivity (Wildman–Crippen MR) is 105 cm³/mol. The summed E-state index contributed by atoms with van der Waals surface area (Å²) in [4.78, 5) is 18.6. The largest absolute Gasteiger partial charge is 0.508 e. The number of methoxy groups -OCH3 is 1. The summed E-state index contributed by atoms with van der Waals surface area (Å²) in [6.45, 7) is 6.13. The lowest BCUT2D eigenvalue weighted by atomic mass is 9.61. The van der Waals surface area contributed by atoms with E-state index in [0.29, 0.717) is 11.3 Å². The van der Waals surface area contributed by atoms with Crippen LogP contribution in [0.5, 0.6) is 5.75 Å². The highest BCUT2D eigenvalue weighted by Crippen LogP contribution is 2.54. The molecule has 0 saturated carbocycles. The molecule has 0 amide bonds. The fraction of sp³-hybridized carbons (Fsp3) is 0.500. The van der Waals surface area contributed by atoms with Crippen molar-refractivity contribution in [2.75, 3.05) is 20.2 Å². The second kappa shape index (κ2) is 6.01. The number of carbonyl (C=O) groups is 1. The molecule has 0 spiro atoms. The summed E-state index contributed by atoms with van der Waals surface area (Å²) < 4.78 is 10.9. The number of hydrogen-bond donors (Lipinski definition) is 2. The van der Waals surface area contributed by atoms with E-state index in [1.165, 1.54) is 18.4 Å². The maximum absolute atomic E-state index is 12.5. The van der Waals surface area contributed by atoms with E-state index in [2.05, 4.69) is 23.7 Å². The molecule has 4 heterocycles. The van der Waals surface area contributed by atoms with Crippen LogP contribution in [0.2, 0.25) is 0 Å². The zero-order valence-corrected chi connectivity index (χ0v) is 16.5. The minimum atomic E-state index is -0.306. The average molecular weight is 382 g/mol. The van der Waals surface area contributed by atoms with Crippen molar-refractivity contribution in [1.29, 1.82) is 0 Å². The molecule has 148 valence electrons. The lowest BCUT2D eigenvalue weighted by molar-refractivity contribution is -0.142. The van der Waals surface area contributed by atoms with Gasteiger partial charge in [-0.3, -0.25) is 4.90 Å². The van der Waals surface area contributed by atoms with Crippen molar-refractivity contribution < 1.29 is 19.4 Å². The second-order valence-electron chi connectivity index (χ2n) is 8.60. The molecule has 2 aromatic rings. The van der Waals surface area contributed by atoms with E-state index in [-0.39, 0.29) is 29.4 Å². The van der Waals surface area contributed by atoms with Crippen molar-refractivity contribution >= 4 is 16.9 Å². The smallest absolute Gasteiger partial charge is 0.337 e. The van der Waals surface area contributed by atoms with E-state index in [9.17, 15) is 9.90 Å². The van der Waals surface area contributed by atoms with Gasteiger partial charge in [0.25, 0.3) is 0 Å². The number of benzene rings is 1. The first-order chi connectivity index (χ1) is 13.4. The first kappa shape index (κ1) is 17.6. The topological polar surface area (TPSA) is 74.8 Å². The van der Waals surface area contributed by atoms with Crippen molar-refractivity contribution in [3.63, 3.8) is 0 Å². The SMILES string of the molecule is COC(=O)C1=CO[C@@H](C)[C@H]2CN3CCc4c([nH]c5ccc(O)cc45)[C@H]3CC12C. The predicted octanol–water partition coefficient (Wildman–Crippen LogP) is 3.27. The normalized spacial score (nSPS) is 32.0. The van der Waals surface area contributed by atoms with Gasteiger partial charge in [0, 0.05) is 41.0 Å². The minimum absolute atomic E-state index is 0.0559. The standard InChI is InChI=1S/C22H26N2O4/c1-12-16-10-24-7-6-14-15-8-13(25)4-5-18(15)23-20(14)19(24)9-22(16,2)17(11-28-12)21(26)27-3/h4-5,8,11-12,16,19,23,25H,6-7,9-10H2,1-3H3/t12-,16+,19+,22?/m0/s1. The van der Waals surface area contributed by atoms with Crippen LogP contribution in [0, 0.1) is 11.3 Å². The zero-order valence-electron chi connectivity index (χ0n) is 16.5. The maximum atomic E-state index is 12.5. The van der Waals surface area contributed by atoms with Crippen molar-refractivity contribution in [1.82, 2.24) is 9.88 Å². The number of hydrogen-bond acceptors (Lipinski definition) is 5. The van der Waals surface area contributed by atoms with E-state index in [4.69, 9.17) is 9.47 Å². The summed E-state index contributed by atoms with van der Waals surface area (Å²) in [6, 6.07) is 5.72. The lowest BCUT2D eigenvalue weighted by Crippen LogP contribution is -2.56. The van der Waals surface area contributed by atoms with Crippen LogP contribution in [-0.4, -0.2) is 47.3 Å². The molecule has 6 nitrogen and oxygen atoms in total. The van der Waals surface area contributed by atoms with Gasteiger partial charge in [-0.15, -0.1) is 0 Å². The third-order valence-electron chi connectivity index (χ3n) is 7.20. The van der Waals surface area contributed by atoms with Crippen molar-refractivity contribution in [3.05, 3.63) is 41.3 Å². The van der Waals surface area contributed by atoms with Crippen molar-refractivity contribution in [3.8, 4) is 5.75 Å². The quantitative estimate of drug-likeness (QED) is 0.741. The van der Waals surface area contributed by atoms with E-state index in [1.54, 1.807) is 12.3 Å². The third-order valence-corrected chi connectivity index (χ3v) is 7.20. The number of rotatable bonds is 1. The average Bonchev–Trinajstić information content (AvgIpc) is 3.05. The van der Waals surface area contributed by atoms with Gasteiger partial charge in [-0.1, -0.05) is 6.92 Å². The number of ether oxygens (including phenoxy) is 2. The Morgan fingerprint density at radius 2 is 2.25 bits per heavy atom. The number of aromatic hydroxyl groups is 1. The number of phenols is 1. The summed E-state index contributed by atoms with van der Waals surface area (Å²) in [5.74, 6) is 0.227. The lowest BCUT2D eigenvalue weighted by Gasteiger charge is -2.54. The Hall–Kier alpha value is -2.47. The van der Waals surface area contributed by atoms with E-state index in [1.807, 2.05) is 12.1 Å². The number of carbonyl (C=O) groups excluding carboxylic acids is 1. The van der Waals surface area contributed by atoms with Crippen molar-refractivity contribution in [2.45, 2.75) is 38.8 Å². The Balaban J connectivity index is 1.60. The highest BCUT2D eigenvalue weighted by atomic mass is 16.5. The fourth-order valence-electron chi connectivity index (χ4n) is 5.63. The van der Waals surface area contributed by atoms with Crippen LogP contribution in [0.3, 0.4) is 0 Å². The molecule has 5 rings (SSSR count). The number of esters is 1. The van der Waals surface area contributed by atoms with Crippen LogP contribution in [-0.2, 0) is 20.7 Å². The minimum Gasteiger partial charge on any atom is -0.508 e. The second-order valence-corrected chi connectivity index (χ2v) is 8.60. The van der Waals surface area contributed by atoms with Gasteiger partial charge in [-0.05, 0) is 43.5 Å². The Morgan fingerprint density at radius 1 is 1.43 bits per heavy atom. The molecular weight excluding hydrogens is 356 g/mol. The number of fused-ring (bicyclic) bond motifs is 6. The molecule has 0 bridgehead atoms. The highest BCUT2D eigenvalue weighted by Gasteiger charge is 2.54. The van der Waals surface area contributed by atoms with Gasteiger partial charge in [0.05, 0.1) is 31.1 Å². The summed E-state index contributed by atoms with van der Waals surface area (Å²) >= 11 is 0. The molecule has 4 atom stereocenters.